The van der Waals surface area contributed by atoms with Crippen LogP contribution in [-0.2, 0) is 4.79 Å². The average molecular weight is 302 g/mol. The second-order valence-corrected chi connectivity index (χ2v) is 5.45. The van der Waals surface area contributed by atoms with Gasteiger partial charge in [-0.05, 0) is 42.3 Å². The summed E-state index contributed by atoms with van der Waals surface area (Å²) in [4.78, 5) is 13.5. The number of anilines is 1. The highest BCUT2D eigenvalue weighted by Crippen LogP contribution is 2.26. The highest BCUT2D eigenvalue weighted by Gasteiger charge is 2.28. The molecule has 1 N–H and O–H groups in total. The molecular formula is C17H16F2N2O. The first-order chi connectivity index (χ1) is 10.5. The van der Waals surface area contributed by atoms with Crippen LogP contribution >= 0.6 is 0 Å². The maximum Gasteiger partial charge on any atom is 0.244 e. The van der Waals surface area contributed by atoms with Crippen molar-refractivity contribution >= 4 is 11.6 Å². The molecule has 1 fully saturated rings. The van der Waals surface area contributed by atoms with Gasteiger partial charge in [-0.1, -0.05) is 12.1 Å². The summed E-state index contributed by atoms with van der Waals surface area (Å²) < 4.78 is 27.5. The van der Waals surface area contributed by atoms with Gasteiger partial charge < -0.3 is 10.2 Å². The van der Waals surface area contributed by atoms with E-state index in [-0.39, 0.29) is 11.9 Å². The van der Waals surface area contributed by atoms with Gasteiger partial charge in [0, 0.05) is 24.8 Å². The fourth-order valence-corrected chi connectivity index (χ4v) is 2.65. The lowest BCUT2D eigenvalue weighted by molar-refractivity contribution is -0.127. The molecule has 0 radical (unpaired) electrons. The van der Waals surface area contributed by atoms with Crippen molar-refractivity contribution in [2.75, 3.05) is 18.9 Å². The van der Waals surface area contributed by atoms with Gasteiger partial charge in [0.2, 0.25) is 5.91 Å². The molecule has 22 heavy (non-hydrogen) atoms. The Kier molecular flexibility index (Phi) is 3.79. The predicted octanol–water partition coefficient (Wildman–Crippen LogP) is 3.27. The molecule has 114 valence electrons. The molecule has 1 atom stereocenters. The number of amides is 1. The second-order valence-electron chi connectivity index (χ2n) is 5.45. The minimum Gasteiger partial charge on any atom is -0.374 e. The molecular weight excluding hydrogens is 286 g/mol. The van der Waals surface area contributed by atoms with Gasteiger partial charge in [0.25, 0.3) is 0 Å². The maximum atomic E-state index is 14.3. The normalized spacial score (nSPS) is 17.9. The van der Waals surface area contributed by atoms with E-state index in [4.69, 9.17) is 0 Å². The van der Waals surface area contributed by atoms with Crippen LogP contribution in [0.25, 0.3) is 11.1 Å². The third-order valence-electron chi connectivity index (χ3n) is 3.87. The molecule has 0 aliphatic carbocycles. The van der Waals surface area contributed by atoms with Crippen molar-refractivity contribution in [2.24, 2.45) is 0 Å². The van der Waals surface area contributed by atoms with Crippen LogP contribution in [0.5, 0.6) is 0 Å². The molecule has 0 bridgehead atoms. The molecule has 2 aromatic carbocycles. The molecule has 1 aliphatic heterocycles. The van der Waals surface area contributed by atoms with E-state index in [1.54, 1.807) is 36.2 Å². The van der Waals surface area contributed by atoms with Crippen LogP contribution in [0.1, 0.15) is 6.42 Å². The lowest BCUT2D eigenvalue weighted by atomic mass is 10.0. The van der Waals surface area contributed by atoms with Crippen molar-refractivity contribution in [3.63, 3.8) is 0 Å². The molecule has 5 heteroatoms. The first kappa shape index (κ1) is 14.5. The van der Waals surface area contributed by atoms with Crippen LogP contribution in [0.3, 0.4) is 0 Å². The summed E-state index contributed by atoms with van der Waals surface area (Å²) in [5, 5.41) is 3.05. The number of hydrogen-bond donors (Lipinski definition) is 1. The zero-order valence-corrected chi connectivity index (χ0v) is 12.1. The Morgan fingerprint density at radius 3 is 2.64 bits per heavy atom. The van der Waals surface area contributed by atoms with Gasteiger partial charge in [0.05, 0.1) is 0 Å². The molecule has 2 aromatic rings. The van der Waals surface area contributed by atoms with E-state index in [9.17, 15) is 13.6 Å². The first-order valence-electron chi connectivity index (χ1n) is 7.11. The van der Waals surface area contributed by atoms with Crippen molar-refractivity contribution < 1.29 is 13.6 Å². The third kappa shape index (κ3) is 2.79. The zero-order valence-electron chi connectivity index (χ0n) is 12.1. The summed E-state index contributed by atoms with van der Waals surface area (Å²) in [7, 11) is 1.75. The molecule has 3 rings (SSSR count). The van der Waals surface area contributed by atoms with E-state index in [1.807, 2.05) is 0 Å². The fourth-order valence-electron chi connectivity index (χ4n) is 2.65. The summed E-state index contributed by atoms with van der Waals surface area (Å²) in [6, 6.07) is 10.1. The predicted molar refractivity (Wildman–Crippen MR) is 81.5 cm³/mol. The van der Waals surface area contributed by atoms with E-state index in [2.05, 4.69) is 5.32 Å². The van der Waals surface area contributed by atoms with Crippen LogP contribution in [0, 0.1) is 11.6 Å². The highest BCUT2D eigenvalue weighted by atomic mass is 19.1. The summed E-state index contributed by atoms with van der Waals surface area (Å²) in [5.41, 5.74) is 1.37. The number of rotatable bonds is 3. The number of likely N-dealkylation sites (N-methyl/N-ethyl adjacent to an activating group) is 1. The molecule has 1 amide bonds. The van der Waals surface area contributed by atoms with E-state index in [0.29, 0.717) is 29.8 Å². The van der Waals surface area contributed by atoms with Crippen LogP contribution in [-0.4, -0.2) is 30.4 Å². The first-order valence-corrected chi connectivity index (χ1v) is 7.11. The average Bonchev–Trinajstić information content (AvgIpc) is 2.79. The van der Waals surface area contributed by atoms with E-state index in [1.165, 1.54) is 18.2 Å². The SMILES string of the molecule is CN1CCC(Nc2ccc(-c3cccc(F)c3)c(F)c2)C1=O. The number of likely N-dealkylation sites (tertiary alicyclic amines) is 1. The number of carbonyl (C=O) groups excluding carboxylic acids is 1. The number of nitrogens with zero attached hydrogens (tertiary/aromatic N) is 1. The van der Waals surface area contributed by atoms with E-state index in [0.717, 1.165) is 0 Å². The number of hydrogen-bond acceptors (Lipinski definition) is 2. The molecule has 1 unspecified atom stereocenters. The van der Waals surface area contributed by atoms with Crippen molar-refractivity contribution in [2.45, 2.75) is 12.5 Å². The van der Waals surface area contributed by atoms with Crippen molar-refractivity contribution in [1.82, 2.24) is 4.90 Å². The van der Waals surface area contributed by atoms with Gasteiger partial charge in [-0.25, -0.2) is 8.78 Å². The maximum absolute atomic E-state index is 14.3. The van der Waals surface area contributed by atoms with Gasteiger partial charge in [-0.2, -0.15) is 0 Å². The van der Waals surface area contributed by atoms with Crippen LogP contribution in [0.2, 0.25) is 0 Å². The molecule has 1 aliphatic rings. The number of carbonyl (C=O) groups is 1. The van der Waals surface area contributed by atoms with Crippen molar-refractivity contribution in [3.05, 3.63) is 54.1 Å². The minimum atomic E-state index is -0.450. The van der Waals surface area contributed by atoms with Gasteiger partial charge in [0.1, 0.15) is 17.7 Å². The molecule has 0 spiro atoms. The Hall–Kier alpha value is -2.43. The topological polar surface area (TPSA) is 32.3 Å². The summed E-state index contributed by atoms with van der Waals surface area (Å²) in [6.45, 7) is 0.695. The molecule has 0 aromatic heterocycles. The quantitative estimate of drug-likeness (QED) is 0.943. The Morgan fingerprint density at radius 1 is 1.18 bits per heavy atom. The zero-order chi connectivity index (χ0) is 15.7. The molecule has 1 saturated heterocycles. The summed E-state index contributed by atoms with van der Waals surface area (Å²) in [6.07, 6.45) is 0.697. The Balaban J connectivity index is 1.82. The standard InChI is InChI=1S/C17H16F2N2O/c1-21-8-7-16(17(21)22)20-13-5-6-14(15(19)10-13)11-3-2-4-12(18)9-11/h2-6,9-10,16,20H,7-8H2,1H3. The van der Waals surface area contributed by atoms with Crippen molar-refractivity contribution in [1.29, 1.82) is 0 Å². The Morgan fingerprint density at radius 2 is 2.00 bits per heavy atom. The second kappa shape index (κ2) is 5.75. The van der Waals surface area contributed by atoms with Crippen molar-refractivity contribution in [3.8, 4) is 11.1 Å². The molecule has 0 saturated carbocycles. The van der Waals surface area contributed by atoms with Gasteiger partial charge >= 0.3 is 0 Å². The van der Waals surface area contributed by atoms with Gasteiger partial charge in [0.15, 0.2) is 0 Å². The largest absolute Gasteiger partial charge is 0.374 e. The lowest BCUT2D eigenvalue weighted by Crippen LogP contribution is -2.30. The van der Waals surface area contributed by atoms with Gasteiger partial charge in [-0.15, -0.1) is 0 Å². The van der Waals surface area contributed by atoms with Gasteiger partial charge in [-0.3, -0.25) is 4.79 Å². The highest BCUT2D eigenvalue weighted by molar-refractivity contribution is 5.86. The monoisotopic (exact) mass is 302 g/mol. The molecule has 1 heterocycles. The van der Waals surface area contributed by atoms with E-state index < -0.39 is 11.6 Å². The summed E-state index contributed by atoms with van der Waals surface area (Å²) in [5.74, 6) is -0.845. The summed E-state index contributed by atoms with van der Waals surface area (Å²) >= 11 is 0. The molecule has 3 nitrogen and oxygen atoms in total. The number of benzene rings is 2. The smallest absolute Gasteiger partial charge is 0.244 e. The van der Waals surface area contributed by atoms with E-state index >= 15 is 0 Å². The minimum absolute atomic E-state index is 0.00890. The Bertz CT molecular complexity index is 718. The van der Waals surface area contributed by atoms with Crippen LogP contribution in [0.4, 0.5) is 14.5 Å². The third-order valence-corrected chi connectivity index (χ3v) is 3.87. The number of nitrogens with one attached hydrogen (secondary N) is 1. The van der Waals surface area contributed by atoms with Crippen LogP contribution < -0.4 is 5.32 Å². The fraction of sp³-hybridized carbons (Fsp3) is 0.235. The van der Waals surface area contributed by atoms with Crippen LogP contribution in [0.15, 0.2) is 42.5 Å². The lowest BCUT2D eigenvalue weighted by Gasteiger charge is -2.14. The Labute approximate surface area is 127 Å². The number of halogens is 2.